The molecule has 7 heteroatoms. The van der Waals surface area contributed by atoms with Crippen LogP contribution in [0, 0.1) is 5.41 Å². The van der Waals surface area contributed by atoms with Gasteiger partial charge in [-0.3, -0.25) is 4.99 Å². The third-order valence-electron chi connectivity index (χ3n) is 4.76. The van der Waals surface area contributed by atoms with Crippen LogP contribution < -0.4 is 10.6 Å². The van der Waals surface area contributed by atoms with Gasteiger partial charge in [0.05, 0.1) is 6.61 Å². The molecule has 0 bridgehead atoms. The first-order valence-corrected chi connectivity index (χ1v) is 9.03. The Morgan fingerprint density at radius 2 is 2.08 bits per heavy atom. The SMILES string of the molecule is CN=C(NCCN(C)Cc1ccccc1)NCC1(CCO)CCOC1.I. The molecule has 1 atom stereocenters. The summed E-state index contributed by atoms with van der Waals surface area (Å²) in [5.74, 6) is 0.803. The van der Waals surface area contributed by atoms with E-state index in [1.165, 1.54) is 5.56 Å². The zero-order chi connectivity index (χ0) is 18.0. The van der Waals surface area contributed by atoms with Crippen molar-refractivity contribution in [2.24, 2.45) is 10.4 Å². The summed E-state index contributed by atoms with van der Waals surface area (Å²) in [6.45, 7) is 5.14. The summed E-state index contributed by atoms with van der Waals surface area (Å²) in [5.41, 5.74) is 1.34. The number of aliphatic imine (C=N–C) groups is 1. The van der Waals surface area contributed by atoms with Crippen LogP contribution in [0.3, 0.4) is 0 Å². The molecule has 0 spiro atoms. The number of likely N-dealkylation sites (N-methyl/N-ethyl adjacent to an activating group) is 1. The van der Waals surface area contributed by atoms with Gasteiger partial charge in [0.25, 0.3) is 0 Å². The van der Waals surface area contributed by atoms with E-state index in [2.05, 4.69) is 51.8 Å². The quantitative estimate of drug-likeness (QED) is 0.288. The number of aliphatic hydroxyl groups excluding tert-OH is 1. The second-order valence-electron chi connectivity index (χ2n) is 6.85. The average molecular weight is 476 g/mol. The van der Waals surface area contributed by atoms with Crippen LogP contribution in [0.4, 0.5) is 0 Å². The van der Waals surface area contributed by atoms with Gasteiger partial charge in [0.1, 0.15) is 0 Å². The molecular formula is C19H33IN4O2. The van der Waals surface area contributed by atoms with Crippen molar-refractivity contribution >= 4 is 29.9 Å². The van der Waals surface area contributed by atoms with Crippen LogP contribution in [-0.4, -0.2) is 69.5 Å². The summed E-state index contributed by atoms with van der Waals surface area (Å²) >= 11 is 0. The van der Waals surface area contributed by atoms with Gasteiger partial charge in [-0.05, 0) is 25.5 Å². The lowest BCUT2D eigenvalue weighted by molar-refractivity contribution is 0.127. The summed E-state index contributed by atoms with van der Waals surface area (Å²) in [6.07, 6.45) is 1.74. The number of rotatable bonds is 9. The van der Waals surface area contributed by atoms with Crippen molar-refractivity contribution < 1.29 is 9.84 Å². The summed E-state index contributed by atoms with van der Waals surface area (Å²) in [5, 5.41) is 16.1. The van der Waals surface area contributed by atoms with Gasteiger partial charge in [0, 0.05) is 51.9 Å². The Morgan fingerprint density at radius 1 is 1.31 bits per heavy atom. The highest BCUT2D eigenvalue weighted by molar-refractivity contribution is 14.0. The van der Waals surface area contributed by atoms with E-state index in [0.29, 0.717) is 6.61 Å². The molecule has 0 aliphatic carbocycles. The first-order valence-electron chi connectivity index (χ1n) is 9.03. The van der Waals surface area contributed by atoms with Crippen LogP contribution in [-0.2, 0) is 11.3 Å². The molecule has 1 unspecified atom stereocenters. The Labute approximate surface area is 174 Å². The Bertz CT molecular complexity index is 522. The summed E-state index contributed by atoms with van der Waals surface area (Å²) in [6, 6.07) is 10.5. The molecule has 0 amide bonds. The van der Waals surface area contributed by atoms with Crippen LogP contribution >= 0.6 is 24.0 Å². The fraction of sp³-hybridized carbons (Fsp3) is 0.632. The lowest BCUT2D eigenvalue weighted by atomic mass is 9.84. The highest BCUT2D eigenvalue weighted by Crippen LogP contribution is 2.31. The van der Waals surface area contributed by atoms with Gasteiger partial charge >= 0.3 is 0 Å². The number of nitrogens with zero attached hydrogens (tertiary/aromatic N) is 2. The first-order chi connectivity index (χ1) is 12.2. The van der Waals surface area contributed by atoms with Crippen molar-refractivity contribution in [3.05, 3.63) is 35.9 Å². The molecule has 26 heavy (non-hydrogen) atoms. The standard InChI is InChI=1S/C19H32N4O2.HI/c1-20-18(22-15-19(8-12-24)9-13-25-16-19)21-10-11-23(2)14-17-6-4-3-5-7-17;/h3-7,24H,8-16H2,1-2H3,(H2,20,21,22);1H. The topological polar surface area (TPSA) is 69.1 Å². The fourth-order valence-corrected chi connectivity index (χ4v) is 3.14. The van der Waals surface area contributed by atoms with E-state index in [1.54, 1.807) is 7.05 Å². The van der Waals surface area contributed by atoms with Gasteiger partial charge in [0.15, 0.2) is 5.96 Å². The highest BCUT2D eigenvalue weighted by Gasteiger charge is 2.34. The third kappa shape index (κ3) is 7.77. The van der Waals surface area contributed by atoms with Crippen molar-refractivity contribution in [1.82, 2.24) is 15.5 Å². The minimum absolute atomic E-state index is 0. The Balaban J connectivity index is 0.00000338. The lowest BCUT2D eigenvalue weighted by Gasteiger charge is -2.28. The monoisotopic (exact) mass is 476 g/mol. The van der Waals surface area contributed by atoms with E-state index in [4.69, 9.17) is 4.74 Å². The Kier molecular flexibility index (Phi) is 11.1. The van der Waals surface area contributed by atoms with Crippen LogP contribution in [0.5, 0.6) is 0 Å². The van der Waals surface area contributed by atoms with Crippen molar-refractivity contribution in [3.63, 3.8) is 0 Å². The summed E-state index contributed by atoms with van der Waals surface area (Å²) < 4.78 is 5.53. The predicted octanol–water partition coefficient (Wildman–Crippen LogP) is 1.69. The molecule has 2 rings (SSSR count). The number of nitrogens with one attached hydrogen (secondary N) is 2. The largest absolute Gasteiger partial charge is 0.396 e. The van der Waals surface area contributed by atoms with E-state index in [0.717, 1.165) is 51.6 Å². The second-order valence-corrected chi connectivity index (χ2v) is 6.85. The molecule has 1 aliphatic heterocycles. The van der Waals surface area contributed by atoms with E-state index in [-0.39, 0.29) is 36.0 Å². The molecule has 148 valence electrons. The molecule has 1 aromatic carbocycles. The van der Waals surface area contributed by atoms with Crippen LogP contribution in [0.1, 0.15) is 18.4 Å². The molecule has 0 aromatic heterocycles. The van der Waals surface area contributed by atoms with E-state index in [9.17, 15) is 5.11 Å². The normalized spacial score (nSPS) is 20.1. The number of hydrogen-bond donors (Lipinski definition) is 3. The van der Waals surface area contributed by atoms with Gasteiger partial charge in [-0.1, -0.05) is 30.3 Å². The molecular weight excluding hydrogens is 443 g/mol. The predicted molar refractivity (Wildman–Crippen MR) is 117 cm³/mol. The molecule has 6 nitrogen and oxygen atoms in total. The zero-order valence-corrected chi connectivity index (χ0v) is 18.2. The molecule has 1 aromatic rings. The Hall–Kier alpha value is -0.900. The number of hydrogen-bond acceptors (Lipinski definition) is 4. The molecule has 1 heterocycles. The van der Waals surface area contributed by atoms with E-state index < -0.39 is 0 Å². The zero-order valence-electron chi connectivity index (χ0n) is 15.9. The molecule has 0 radical (unpaired) electrons. The molecule has 1 saturated heterocycles. The van der Waals surface area contributed by atoms with Crippen molar-refractivity contribution in [3.8, 4) is 0 Å². The fourth-order valence-electron chi connectivity index (χ4n) is 3.14. The van der Waals surface area contributed by atoms with Gasteiger partial charge in [0.2, 0.25) is 0 Å². The molecule has 3 N–H and O–H groups in total. The minimum Gasteiger partial charge on any atom is -0.396 e. The summed E-state index contributed by atoms with van der Waals surface area (Å²) in [7, 11) is 3.91. The smallest absolute Gasteiger partial charge is 0.191 e. The maximum Gasteiger partial charge on any atom is 0.191 e. The maximum atomic E-state index is 9.30. The average Bonchev–Trinajstić information content (AvgIpc) is 3.08. The first kappa shape index (κ1) is 23.1. The molecule has 1 aliphatic rings. The van der Waals surface area contributed by atoms with E-state index in [1.807, 2.05) is 6.07 Å². The van der Waals surface area contributed by atoms with Crippen molar-refractivity contribution in [2.75, 3.05) is 53.6 Å². The minimum atomic E-state index is 0. The highest BCUT2D eigenvalue weighted by atomic mass is 127. The van der Waals surface area contributed by atoms with Gasteiger partial charge in [-0.25, -0.2) is 0 Å². The second kappa shape index (κ2) is 12.5. The number of halogens is 1. The lowest BCUT2D eigenvalue weighted by Crippen LogP contribution is -2.46. The molecule has 1 fully saturated rings. The van der Waals surface area contributed by atoms with Crippen molar-refractivity contribution in [2.45, 2.75) is 19.4 Å². The van der Waals surface area contributed by atoms with Gasteiger partial charge < -0.3 is 25.4 Å². The van der Waals surface area contributed by atoms with E-state index >= 15 is 0 Å². The van der Waals surface area contributed by atoms with Crippen LogP contribution in [0.15, 0.2) is 35.3 Å². The van der Waals surface area contributed by atoms with Gasteiger partial charge in [-0.15, -0.1) is 24.0 Å². The number of guanidine groups is 1. The Morgan fingerprint density at radius 3 is 2.69 bits per heavy atom. The van der Waals surface area contributed by atoms with Crippen molar-refractivity contribution in [1.29, 1.82) is 0 Å². The van der Waals surface area contributed by atoms with Crippen LogP contribution in [0.2, 0.25) is 0 Å². The third-order valence-corrected chi connectivity index (χ3v) is 4.76. The molecule has 0 saturated carbocycles. The van der Waals surface area contributed by atoms with Gasteiger partial charge in [-0.2, -0.15) is 0 Å². The number of aliphatic hydroxyl groups is 1. The van der Waals surface area contributed by atoms with Crippen LogP contribution in [0.25, 0.3) is 0 Å². The maximum absolute atomic E-state index is 9.30. The number of ether oxygens (including phenoxy) is 1. The number of benzene rings is 1. The summed E-state index contributed by atoms with van der Waals surface area (Å²) in [4.78, 5) is 6.58.